The Balaban J connectivity index is 2.76. The highest BCUT2D eigenvalue weighted by Gasteiger charge is 1.81. The smallest absolute Gasteiger partial charge is 0.150 e. The van der Waals surface area contributed by atoms with Crippen LogP contribution in [0.3, 0.4) is 0 Å². The average molecular weight is 115 g/mol. The zero-order valence-corrected chi connectivity index (χ0v) is 4.30. The molecule has 0 aliphatic rings. The molecule has 4 nitrogen and oxygen atoms in total. The van der Waals surface area contributed by atoms with Crippen molar-refractivity contribution in [3.63, 3.8) is 0 Å². The third-order valence-electron chi connectivity index (χ3n) is 0.462. The molecule has 1 rings (SSSR count). The number of hydrogen-bond acceptors (Lipinski definition) is 4. The molecule has 0 fully saturated rings. The van der Waals surface area contributed by atoms with E-state index in [4.69, 9.17) is 0 Å². The maximum absolute atomic E-state index is 3.49. The molecule has 0 saturated carbocycles. The van der Waals surface area contributed by atoms with E-state index in [0.717, 1.165) is 0 Å². The molecule has 37 valence electrons. The predicted octanol–water partition coefficient (Wildman–Crippen LogP) is -0.0390. The van der Waals surface area contributed by atoms with Crippen LogP contribution in [0, 0.1) is 6.26 Å². The standard InChI is InChI=1S/C2H3N4S/c1-7-6-2-3-4-5-6/h2H,1H2. The lowest BCUT2D eigenvalue weighted by molar-refractivity contribution is 0.855. The van der Waals surface area contributed by atoms with Crippen molar-refractivity contribution in [3.8, 4) is 0 Å². The quantitative estimate of drug-likeness (QED) is 0.515. The van der Waals surface area contributed by atoms with E-state index in [1.807, 2.05) is 0 Å². The Bertz CT molecular complexity index is 124. The first-order chi connectivity index (χ1) is 3.43. The summed E-state index contributed by atoms with van der Waals surface area (Å²) in [6.07, 6.45) is 4.95. The maximum Gasteiger partial charge on any atom is 0.150 e. The van der Waals surface area contributed by atoms with E-state index >= 15 is 0 Å². The van der Waals surface area contributed by atoms with E-state index in [9.17, 15) is 0 Å². The van der Waals surface area contributed by atoms with Crippen LogP contribution in [0.5, 0.6) is 0 Å². The average Bonchev–Trinajstić information content (AvgIpc) is 2.14. The Morgan fingerprint density at radius 1 is 1.71 bits per heavy atom. The highest BCUT2D eigenvalue weighted by atomic mass is 32.2. The minimum Gasteiger partial charge on any atom is -0.174 e. The van der Waals surface area contributed by atoms with Gasteiger partial charge in [0, 0.05) is 6.26 Å². The van der Waals surface area contributed by atoms with Gasteiger partial charge in [-0.2, -0.15) is 4.09 Å². The topological polar surface area (TPSA) is 43.6 Å². The molecule has 1 radical (unpaired) electrons. The van der Waals surface area contributed by atoms with Crippen LogP contribution in [0.4, 0.5) is 0 Å². The van der Waals surface area contributed by atoms with Crippen molar-refractivity contribution in [2.24, 2.45) is 0 Å². The molecule has 0 bridgehead atoms. The van der Waals surface area contributed by atoms with Gasteiger partial charge in [-0.15, -0.1) is 5.10 Å². The third kappa shape index (κ3) is 0.894. The van der Waals surface area contributed by atoms with Crippen LogP contribution < -0.4 is 0 Å². The van der Waals surface area contributed by atoms with Gasteiger partial charge in [0.2, 0.25) is 0 Å². The van der Waals surface area contributed by atoms with Crippen molar-refractivity contribution >= 4 is 11.9 Å². The molecule has 0 aliphatic heterocycles. The van der Waals surface area contributed by atoms with E-state index in [-0.39, 0.29) is 0 Å². The second-order valence-corrected chi connectivity index (χ2v) is 1.47. The molecule has 0 spiro atoms. The second kappa shape index (κ2) is 1.92. The minimum atomic E-state index is 1.21. The third-order valence-corrected chi connectivity index (χ3v) is 0.894. The lowest BCUT2D eigenvalue weighted by Crippen LogP contribution is -1.82. The van der Waals surface area contributed by atoms with Crippen LogP contribution in [0.25, 0.3) is 0 Å². The first-order valence-corrected chi connectivity index (χ1v) is 2.53. The molecular formula is C2H3N4S. The fraction of sp³-hybridized carbons (Fsp3) is 0. The van der Waals surface area contributed by atoms with Gasteiger partial charge in [-0.05, 0) is 22.4 Å². The van der Waals surface area contributed by atoms with E-state index in [0.29, 0.717) is 0 Å². The molecule has 5 heteroatoms. The highest BCUT2D eigenvalue weighted by molar-refractivity contribution is 7.98. The van der Waals surface area contributed by atoms with E-state index in [1.165, 1.54) is 22.4 Å². The summed E-state index contributed by atoms with van der Waals surface area (Å²) >= 11 is 1.21. The molecule has 0 amide bonds. The van der Waals surface area contributed by atoms with E-state index in [2.05, 4.69) is 21.8 Å². The fourth-order valence-corrected chi connectivity index (χ4v) is 0.405. The van der Waals surface area contributed by atoms with Gasteiger partial charge in [-0.3, -0.25) is 0 Å². The normalized spacial score (nSPS) is 9.29. The SMILES string of the molecule is [CH2]Sn1cnnn1. The summed E-state index contributed by atoms with van der Waals surface area (Å²) in [5, 5.41) is 10.2. The van der Waals surface area contributed by atoms with Gasteiger partial charge < -0.3 is 0 Å². The van der Waals surface area contributed by atoms with Gasteiger partial charge >= 0.3 is 0 Å². The minimum absolute atomic E-state index is 1.21. The second-order valence-electron chi connectivity index (χ2n) is 0.841. The Labute approximate surface area is 45.0 Å². The van der Waals surface area contributed by atoms with Crippen LogP contribution in [-0.2, 0) is 0 Å². The summed E-state index contributed by atoms with van der Waals surface area (Å²) in [7, 11) is 0. The summed E-state index contributed by atoms with van der Waals surface area (Å²) in [6.45, 7) is 0. The predicted molar refractivity (Wildman–Crippen MR) is 26.2 cm³/mol. The van der Waals surface area contributed by atoms with Crippen LogP contribution in [0.15, 0.2) is 6.33 Å². The summed E-state index contributed by atoms with van der Waals surface area (Å²) < 4.78 is 1.46. The molecule has 0 N–H and O–H groups in total. The van der Waals surface area contributed by atoms with Crippen molar-refractivity contribution < 1.29 is 0 Å². The maximum atomic E-state index is 3.49. The van der Waals surface area contributed by atoms with Gasteiger partial charge in [0.05, 0.1) is 0 Å². The molecule has 0 atom stereocenters. The summed E-state index contributed by atoms with van der Waals surface area (Å²) in [5.74, 6) is 0. The molecule has 0 aromatic carbocycles. The highest BCUT2D eigenvalue weighted by Crippen LogP contribution is 1.93. The van der Waals surface area contributed by atoms with Crippen molar-refractivity contribution in [2.75, 3.05) is 0 Å². The monoisotopic (exact) mass is 115 g/mol. The van der Waals surface area contributed by atoms with Gasteiger partial charge in [-0.25, -0.2) is 0 Å². The van der Waals surface area contributed by atoms with Crippen LogP contribution >= 0.6 is 11.9 Å². The molecule has 0 aliphatic carbocycles. The number of tetrazole rings is 1. The van der Waals surface area contributed by atoms with Crippen molar-refractivity contribution in [1.29, 1.82) is 0 Å². The summed E-state index contributed by atoms with van der Waals surface area (Å²) in [4.78, 5) is 0. The zero-order chi connectivity index (χ0) is 5.11. The molecular weight excluding hydrogens is 112 g/mol. The van der Waals surface area contributed by atoms with E-state index < -0.39 is 0 Å². The summed E-state index contributed by atoms with van der Waals surface area (Å²) in [5.41, 5.74) is 0. The summed E-state index contributed by atoms with van der Waals surface area (Å²) in [6, 6.07) is 0. The molecule has 0 unspecified atom stereocenters. The van der Waals surface area contributed by atoms with Crippen molar-refractivity contribution in [2.45, 2.75) is 0 Å². The fourth-order valence-electron chi connectivity index (χ4n) is 0.212. The first-order valence-electron chi connectivity index (χ1n) is 1.59. The van der Waals surface area contributed by atoms with Gasteiger partial charge in [0.25, 0.3) is 0 Å². The van der Waals surface area contributed by atoms with E-state index in [1.54, 1.807) is 0 Å². The van der Waals surface area contributed by atoms with Crippen molar-refractivity contribution in [1.82, 2.24) is 19.6 Å². The van der Waals surface area contributed by atoms with Crippen LogP contribution in [-0.4, -0.2) is 19.6 Å². The number of aromatic nitrogens is 4. The molecule has 1 aromatic rings. The lowest BCUT2D eigenvalue weighted by Gasteiger charge is -1.81. The Kier molecular flexibility index (Phi) is 1.26. The molecule has 1 aromatic heterocycles. The first kappa shape index (κ1) is 4.58. The molecule has 1 heterocycles. The van der Waals surface area contributed by atoms with Crippen LogP contribution in [0.2, 0.25) is 0 Å². The number of hydrogen-bond donors (Lipinski definition) is 0. The van der Waals surface area contributed by atoms with Gasteiger partial charge in [0.1, 0.15) is 0 Å². The number of nitrogens with zero attached hydrogens (tertiary/aromatic N) is 4. The Morgan fingerprint density at radius 3 is 2.86 bits per heavy atom. The van der Waals surface area contributed by atoms with Crippen LogP contribution in [0.1, 0.15) is 0 Å². The zero-order valence-electron chi connectivity index (χ0n) is 3.48. The van der Waals surface area contributed by atoms with Crippen molar-refractivity contribution in [3.05, 3.63) is 12.6 Å². The Hall–Kier alpha value is -0.580. The molecule has 0 saturated heterocycles. The van der Waals surface area contributed by atoms with Gasteiger partial charge in [-0.1, -0.05) is 0 Å². The lowest BCUT2D eigenvalue weighted by atomic mass is 11.4. The number of rotatable bonds is 1. The molecule has 7 heavy (non-hydrogen) atoms. The largest absolute Gasteiger partial charge is 0.174 e. The van der Waals surface area contributed by atoms with Gasteiger partial charge in [0.15, 0.2) is 6.33 Å². The Morgan fingerprint density at radius 2 is 2.57 bits per heavy atom.